The largest absolute Gasteiger partial charge is 0.468 e. The zero-order valence-electron chi connectivity index (χ0n) is 11.1. The van der Waals surface area contributed by atoms with Crippen molar-refractivity contribution in [2.75, 3.05) is 7.11 Å². The van der Waals surface area contributed by atoms with E-state index in [-0.39, 0.29) is 5.97 Å². The molecule has 1 atom stereocenters. The summed E-state index contributed by atoms with van der Waals surface area (Å²) in [4.78, 5) is 12.1. The maximum atomic E-state index is 12.1. The molecule has 0 aromatic heterocycles. The van der Waals surface area contributed by atoms with Gasteiger partial charge in [0.25, 0.3) is 0 Å². The number of hydrogen-bond donors (Lipinski definition) is 1. The molecule has 1 aliphatic rings. The van der Waals surface area contributed by atoms with Crippen LogP contribution in [-0.2, 0) is 16.0 Å². The van der Waals surface area contributed by atoms with Crippen molar-refractivity contribution in [2.45, 2.75) is 44.2 Å². The predicted molar refractivity (Wildman–Crippen MR) is 71.3 cm³/mol. The maximum absolute atomic E-state index is 12.1. The van der Waals surface area contributed by atoms with Crippen molar-refractivity contribution in [1.82, 2.24) is 5.32 Å². The minimum absolute atomic E-state index is 0.152. The highest BCUT2D eigenvalue weighted by Crippen LogP contribution is 2.27. The molecule has 1 fully saturated rings. The highest BCUT2D eigenvalue weighted by atomic mass is 16.5. The monoisotopic (exact) mass is 247 g/mol. The minimum atomic E-state index is -0.572. The van der Waals surface area contributed by atoms with Crippen LogP contribution in [0, 0.1) is 0 Å². The molecule has 0 saturated heterocycles. The Hall–Kier alpha value is -1.35. The van der Waals surface area contributed by atoms with Gasteiger partial charge < -0.3 is 4.74 Å². The van der Waals surface area contributed by atoms with Crippen LogP contribution < -0.4 is 5.32 Å². The third-order valence-corrected chi connectivity index (χ3v) is 3.59. The molecule has 98 valence electrons. The number of benzene rings is 1. The summed E-state index contributed by atoms with van der Waals surface area (Å²) in [6.07, 6.45) is 3.75. The Bertz CT molecular complexity index is 400. The third kappa shape index (κ3) is 2.91. The number of carbonyl (C=O) groups is 1. The van der Waals surface area contributed by atoms with E-state index >= 15 is 0 Å². The molecule has 1 saturated carbocycles. The Morgan fingerprint density at radius 1 is 1.39 bits per heavy atom. The van der Waals surface area contributed by atoms with E-state index in [9.17, 15) is 4.79 Å². The van der Waals surface area contributed by atoms with Gasteiger partial charge in [0.05, 0.1) is 7.11 Å². The molecule has 1 aromatic carbocycles. The predicted octanol–water partition coefficient (Wildman–Crippen LogP) is 2.30. The van der Waals surface area contributed by atoms with Crippen LogP contribution in [-0.4, -0.2) is 24.7 Å². The molecule has 0 aliphatic heterocycles. The quantitative estimate of drug-likeness (QED) is 0.784. The van der Waals surface area contributed by atoms with Crippen molar-refractivity contribution in [3.05, 3.63) is 35.9 Å². The molecule has 0 amide bonds. The normalized spacial score (nSPS) is 18.1. The van der Waals surface area contributed by atoms with E-state index in [1.165, 1.54) is 7.11 Å². The third-order valence-electron chi connectivity index (χ3n) is 3.59. The standard InChI is InChI=1S/C15H21NO2/c1-3-15(14(17)18-2,16-13-9-10-13)11-12-7-5-4-6-8-12/h4-8,13,16H,3,9-11H2,1-2H3. The first-order valence-corrected chi connectivity index (χ1v) is 6.60. The lowest BCUT2D eigenvalue weighted by Crippen LogP contribution is -2.55. The molecule has 0 radical (unpaired) electrons. The average Bonchev–Trinajstić information content (AvgIpc) is 3.22. The topological polar surface area (TPSA) is 38.3 Å². The van der Waals surface area contributed by atoms with Gasteiger partial charge in [0, 0.05) is 12.5 Å². The summed E-state index contributed by atoms with van der Waals surface area (Å²) in [5.74, 6) is -0.152. The van der Waals surface area contributed by atoms with Crippen molar-refractivity contribution >= 4 is 5.97 Å². The highest BCUT2D eigenvalue weighted by Gasteiger charge is 2.42. The first-order chi connectivity index (χ1) is 8.70. The van der Waals surface area contributed by atoms with E-state index in [0.29, 0.717) is 12.5 Å². The van der Waals surface area contributed by atoms with Crippen LogP contribution in [0.15, 0.2) is 30.3 Å². The number of methoxy groups -OCH3 is 1. The molecule has 2 rings (SSSR count). The van der Waals surface area contributed by atoms with Gasteiger partial charge in [-0.2, -0.15) is 0 Å². The van der Waals surface area contributed by atoms with Crippen LogP contribution in [0.4, 0.5) is 0 Å². The van der Waals surface area contributed by atoms with Gasteiger partial charge in [0.1, 0.15) is 5.54 Å². The minimum Gasteiger partial charge on any atom is -0.468 e. The van der Waals surface area contributed by atoms with Gasteiger partial charge in [-0.05, 0) is 24.8 Å². The summed E-state index contributed by atoms with van der Waals surface area (Å²) < 4.78 is 5.01. The van der Waals surface area contributed by atoms with Crippen molar-refractivity contribution in [3.8, 4) is 0 Å². The molecule has 1 aromatic rings. The molecule has 0 heterocycles. The molecular weight excluding hydrogens is 226 g/mol. The first-order valence-electron chi connectivity index (χ1n) is 6.60. The van der Waals surface area contributed by atoms with Gasteiger partial charge in [-0.25, -0.2) is 0 Å². The Kier molecular flexibility index (Phi) is 4.02. The van der Waals surface area contributed by atoms with Crippen LogP contribution in [0.5, 0.6) is 0 Å². The summed E-state index contributed by atoms with van der Waals surface area (Å²) in [7, 11) is 1.46. The lowest BCUT2D eigenvalue weighted by molar-refractivity contribution is -0.149. The Balaban J connectivity index is 2.19. The maximum Gasteiger partial charge on any atom is 0.326 e. The van der Waals surface area contributed by atoms with E-state index in [1.807, 2.05) is 25.1 Å². The highest BCUT2D eigenvalue weighted by molar-refractivity contribution is 5.81. The van der Waals surface area contributed by atoms with Crippen molar-refractivity contribution in [1.29, 1.82) is 0 Å². The molecule has 18 heavy (non-hydrogen) atoms. The van der Waals surface area contributed by atoms with E-state index in [4.69, 9.17) is 4.74 Å². The summed E-state index contributed by atoms with van der Waals surface area (Å²) in [6, 6.07) is 10.6. The van der Waals surface area contributed by atoms with E-state index < -0.39 is 5.54 Å². The summed E-state index contributed by atoms with van der Waals surface area (Å²) in [6.45, 7) is 2.04. The smallest absolute Gasteiger partial charge is 0.326 e. The SMILES string of the molecule is CCC(Cc1ccccc1)(NC1CC1)C(=O)OC. The second-order valence-electron chi connectivity index (χ2n) is 5.01. The molecule has 3 heteroatoms. The second kappa shape index (κ2) is 5.53. The van der Waals surface area contributed by atoms with Gasteiger partial charge in [0.2, 0.25) is 0 Å². The van der Waals surface area contributed by atoms with Crippen molar-refractivity contribution in [2.24, 2.45) is 0 Å². The van der Waals surface area contributed by atoms with Gasteiger partial charge in [-0.15, -0.1) is 0 Å². The van der Waals surface area contributed by atoms with Crippen LogP contribution >= 0.6 is 0 Å². The molecular formula is C15H21NO2. The molecule has 0 spiro atoms. The molecule has 3 nitrogen and oxygen atoms in total. The number of hydrogen-bond acceptors (Lipinski definition) is 3. The number of nitrogens with one attached hydrogen (secondary N) is 1. The fourth-order valence-electron chi connectivity index (χ4n) is 2.31. The van der Waals surface area contributed by atoms with E-state index in [1.54, 1.807) is 0 Å². The second-order valence-corrected chi connectivity index (χ2v) is 5.01. The van der Waals surface area contributed by atoms with Gasteiger partial charge in [0.15, 0.2) is 0 Å². The number of rotatable bonds is 6. The van der Waals surface area contributed by atoms with Crippen molar-refractivity contribution in [3.63, 3.8) is 0 Å². The van der Waals surface area contributed by atoms with Gasteiger partial charge in [-0.1, -0.05) is 37.3 Å². The number of esters is 1. The van der Waals surface area contributed by atoms with E-state index in [2.05, 4.69) is 17.4 Å². The molecule has 1 N–H and O–H groups in total. The number of ether oxygens (including phenoxy) is 1. The van der Waals surface area contributed by atoms with E-state index in [0.717, 1.165) is 24.8 Å². The van der Waals surface area contributed by atoms with Gasteiger partial charge in [-0.3, -0.25) is 10.1 Å². The number of carbonyl (C=O) groups excluding carboxylic acids is 1. The van der Waals surface area contributed by atoms with Gasteiger partial charge >= 0.3 is 5.97 Å². The summed E-state index contributed by atoms with van der Waals surface area (Å²) in [5, 5.41) is 3.48. The molecule has 0 bridgehead atoms. The summed E-state index contributed by atoms with van der Waals surface area (Å²) in [5.41, 5.74) is 0.593. The zero-order chi connectivity index (χ0) is 13.0. The summed E-state index contributed by atoms with van der Waals surface area (Å²) >= 11 is 0. The van der Waals surface area contributed by atoms with Crippen LogP contribution in [0.3, 0.4) is 0 Å². The molecule has 1 aliphatic carbocycles. The lowest BCUT2D eigenvalue weighted by atomic mass is 9.88. The Labute approximate surface area is 109 Å². The van der Waals surface area contributed by atoms with Crippen LogP contribution in [0.2, 0.25) is 0 Å². The van der Waals surface area contributed by atoms with Crippen molar-refractivity contribution < 1.29 is 9.53 Å². The van der Waals surface area contributed by atoms with Crippen LogP contribution in [0.25, 0.3) is 0 Å². The lowest BCUT2D eigenvalue weighted by Gasteiger charge is -2.31. The molecule has 1 unspecified atom stereocenters. The average molecular weight is 247 g/mol. The van der Waals surface area contributed by atoms with Crippen LogP contribution in [0.1, 0.15) is 31.7 Å². The Morgan fingerprint density at radius 3 is 2.56 bits per heavy atom. The Morgan fingerprint density at radius 2 is 2.06 bits per heavy atom. The fraction of sp³-hybridized carbons (Fsp3) is 0.533. The zero-order valence-corrected chi connectivity index (χ0v) is 11.1. The first kappa shape index (κ1) is 13.1. The fourth-order valence-corrected chi connectivity index (χ4v) is 2.31.